The lowest BCUT2D eigenvalue weighted by Crippen LogP contribution is -2.46. The van der Waals surface area contributed by atoms with Crippen LogP contribution in [0.5, 0.6) is 5.75 Å². The lowest BCUT2D eigenvalue weighted by molar-refractivity contribution is -0.120. The van der Waals surface area contributed by atoms with E-state index < -0.39 is 0 Å². The molecule has 0 spiro atoms. The summed E-state index contributed by atoms with van der Waals surface area (Å²) < 4.78 is 5.22. The monoisotopic (exact) mass is 442 g/mol. The fourth-order valence-electron chi connectivity index (χ4n) is 4.68. The summed E-state index contributed by atoms with van der Waals surface area (Å²) in [5.74, 6) is 0.394. The molecular formula is C28H30N2O3. The molecule has 2 atom stereocenters. The molecular weight excluding hydrogens is 412 g/mol. The number of carbonyl (C=O) groups is 2. The number of anilines is 2. The predicted octanol–water partition coefficient (Wildman–Crippen LogP) is 5.58. The van der Waals surface area contributed by atoms with E-state index in [1.807, 2.05) is 79.1 Å². The molecule has 5 nitrogen and oxygen atoms in total. The van der Waals surface area contributed by atoms with Crippen LogP contribution in [0.25, 0.3) is 0 Å². The largest absolute Gasteiger partial charge is 0.497 e. The fourth-order valence-corrected chi connectivity index (χ4v) is 4.68. The van der Waals surface area contributed by atoms with Gasteiger partial charge in [0.25, 0.3) is 5.91 Å². The van der Waals surface area contributed by atoms with E-state index in [2.05, 4.69) is 0 Å². The number of hydrogen-bond acceptors (Lipinski definition) is 3. The van der Waals surface area contributed by atoms with Crippen molar-refractivity contribution in [2.24, 2.45) is 0 Å². The Morgan fingerprint density at radius 3 is 2.42 bits per heavy atom. The number of carbonyl (C=O) groups excluding carboxylic acids is 2. The minimum atomic E-state index is -0.309. The third-order valence-corrected chi connectivity index (χ3v) is 6.34. The maximum atomic E-state index is 13.8. The van der Waals surface area contributed by atoms with Gasteiger partial charge in [-0.1, -0.05) is 30.3 Å². The summed E-state index contributed by atoms with van der Waals surface area (Å²) in [5, 5.41) is 0. The molecule has 33 heavy (non-hydrogen) atoms. The maximum absolute atomic E-state index is 13.8. The Morgan fingerprint density at radius 2 is 1.76 bits per heavy atom. The third kappa shape index (κ3) is 4.36. The highest BCUT2D eigenvalue weighted by Crippen LogP contribution is 2.40. The van der Waals surface area contributed by atoms with E-state index in [0.29, 0.717) is 24.3 Å². The fraction of sp³-hybridized carbons (Fsp3) is 0.286. The Kier molecular flexibility index (Phi) is 6.50. The first-order chi connectivity index (χ1) is 15.9. The molecule has 1 heterocycles. The normalized spacial score (nSPS) is 17.3. The predicted molar refractivity (Wildman–Crippen MR) is 132 cm³/mol. The highest BCUT2D eigenvalue weighted by atomic mass is 16.5. The molecule has 0 aromatic heterocycles. The van der Waals surface area contributed by atoms with Crippen molar-refractivity contribution in [3.63, 3.8) is 0 Å². The maximum Gasteiger partial charge on any atom is 0.258 e. The minimum Gasteiger partial charge on any atom is -0.497 e. The second-order valence-electron chi connectivity index (χ2n) is 8.52. The van der Waals surface area contributed by atoms with Crippen LogP contribution in [0.2, 0.25) is 0 Å². The van der Waals surface area contributed by atoms with Gasteiger partial charge in [0, 0.05) is 29.5 Å². The zero-order valence-electron chi connectivity index (χ0n) is 19.6. The highest BCUT2D eigenvalue weighted by molar-refractivity contribution is 6.09. The number of methoxy groups -OCH3 is 1. The van der Waals surface area contributed by atoms with Crippen LogP contribution in [0.4, 0.5) is 11.4 Å². The highest BCUT2D eigenvalue weighted by Gasteiger charge is 2.38. The number of nitrogens with zero attached hydrogens (tertiary/aromatic N) is 2. The topological polar surface area (TPSA) is 49.9 Å². The molecule has 0 fully saturated rings. The summed E-state index contributed by atoms with van der Waals surface area (Å²) in [6.07, 6.45) is 0.570. The standard InChI is InChI=1S/C28H30N2O3/c1-5-29(22-10-8-9-19(2)17-22)28(32)25-18-20(3)30(26-12-7-6-11-24(25)26)27(31)21-13-15-23(33-4)16-14-21/h6-17,20,25H,5,18H2,1-4H3. The van der Waals surface area contributed by atoms with E-state index in [-0.39, 0.29) is 23.8 Å². The van der Waals surface area contributed by atoms with Gasteiger partial charge in [0.2, 0.25) is 5.91 Å². The van der Waals surface area contributed by atoms with Gasteiger partial charge in [0.1, 0.15) is 5.75 Å². The molecule has 5 heteroatoms. The molecule has 4 rings (SSSR count). The van der Waals surface area contributed by atoms with Crippen molar-refractivity contribution in [2.45, 2.75) is 39.2 Å². The molecule has 1 aliphatic rings. The van der Waals surface area contributed by atoms with Gasteiger partial charge in [-0.2, -0.15) is 0 Å². The summed E-state index contributed by atoms with van der Waals surface area (Å²) in [7, 11) is 1.60. The number of fused-ring (bicyclic) bond motifs is 1. The first-order valence-electron chi connectivity index (χ1n) is 11.4. The quantitative estimate of drug-likeness (QED) is 0.518. The average Bonchev–Trinajstić information content (AvgIpc) is 2.83. The first kappa shape index (κ1) is 22.6. The molecule has 2 amide bonds. The Morgan fingerprint density at radius 1 is 1.03 bits per heavy atom. The van der Waals surface area contributed by atoms with E-state index in [0.717, 1.165) is 22.5 Å². The van der Waals surface area contributed by atoms with Crippen LogP contribution >= 0.6 is 0 Å². The number of hydrogen-bond donors (Lipinski definition) is 0. The summed E-state index contributed by atoms with van der Waals surface area (Å²) in [5.41, 5.74) is 4.32. The molecule has 0 saturated carbocycles. The van der Waals surface area contributed by atoms with Gasteiger partial charge in [0.15, 0.2) is 0 Å². The number of ether oxygens (including phenoxy) is 1. The van der Waals surface area contributed by atoms with Crippen LogP contribution in [0.1, 0.15) is 47.7 Å². The SMILES string of the molecule is CCN(C(=O)C1CC(C)N(C(=O)c2ccc(OC)cc2)c2ccccc21)c1cccc(C)c1. The average molecular weight is 443 g/mol. The summed E-state index contributed by atoms with van der Waals surface area (Å²) in [6, 6.07) is 22.8. The van der Waals surface area contributed by atoms with E-state index in [1.165, 1.54) is 0 Å². The zero-order valence-corrected chi connectivity index (χ0v) is 19.6. The molecule has 0 saturated heterocycles. The van der Waals surface area contributed by atoms with Crippen molar-refractivity contribution in [2.75, 3.05) is 23.5 Å². The first-order valence-corrected chi connectivity index (χ1v) is 11.4. The zero-order chi connectivity index (χ0) is 23.5. The summed E-state index contributed by atoms with van der Waals surface area (Å²) in [6.45, 7) is 6.63. The summed E-state index contributed by atoms with van der Waals surface area (Å²) in [4.78, 5) is 30.9. The van der Waals surface area contributed by atoms with E-state index in [4.69, 9.17) is 4.74 Å². The number of amides is 2. The second-order valence-corrected chi connectivity index (χ2v) is 8.52. The molecule has 2 unspecified atom stereocenters. The molecule has 0 radical (unpaired) electrons. The molecule has 3 aromatic carbocycles. The second kappa shape index (κ2) is 9.49. The van der Waals surface area contributed by atoms with Crippen molar-refractivity contribution in [3.8, 4) is 5.75 Å². The van der Waals surface area contributed by atoms with Crippen LogP contribution < -0.4 is 14.5 Å². The van der Waals surface area contributed by atoms with Crippen molar-refractivity contribution in [1.82, 2.24) is 0 Å². The Labute approximate surface area is 195 Å². The Balaban J connectivity index is 1.69. The third-order valence-electron chi connectivity index (χ3n) is 6.34. The van der Waals surface area contributed by atoms with Crippen molar-refractivity contribution < 1.29 is 14.3 Å². The number of likely N-dealkylation sites (N-methyl/N-ethyl adjacent to an activating group) is 1. The number of para-hydroxylation sites is 1. The van der Waals surface area contributed by atoms with Gasteiger partial charge in [-0.25, -0.2) is 0 Å². The van der Waals surface area contributed by atoms with Crippen LogP contribution in [-0.2, 0) is 4.79 Å². The smallest absolute Gasteiger partial charge is 0.258 e. The molecule has 1 aliphatic heterocycles. The lowest BCUT2D eigenvalue weighted by Gasteiger charge is -2.40. The van der Waals surface area contributed by atoms with Gasteiger partial charge < -0.3 is 14.5 Å². The van der Waals surface area contributed by atoms with Gasteiger partial charge >= 0.3 is 0 Å². The molecule has 0 aliphatic carbocycles. The molecule has 3 aromatic rings. The number of benzene rings is 3. The number of rotatable bonds is 5. The van der Waals surface area contributed by atoms with Crippen molar-refractivity contribution in [3.05, 3.63) is 89.5 Å². The van der Waals surface area contributed by atoms with Crippen LogP contribution in [0, 0.1) is 6.92 Å². The van der Waals surface area contributed by atoms with Gasteiger partial charge in [-0.3, -0.25) is 9.59 Å². The lowest BCUT2D eigenvalue weighted by atomic mass is 9.84. The van der Waals surface area contributed by atoms with Crippen LogP contribution in [0.15, 0.2) is 72.8 Å². The van der Waals surface area contributed by atoms with E-state index in [1.54, 1.807) is 31.4 Å². The van der Waals surface area contributed by atoms with Crippen LogP contribution in [0.3, 0.4) is 0 Å². The minimum absolute atomic E-state index is 0.0685. The Bertz CT molecular complexity index is 1160. The Hall–Kier alpha value is -3.60. The number of aryl methyl sites for hydroxylation is 1. The van der Waals surface area contributed by atoms with Gasteiger partial charge in [0.05, 0.1) is 13.0 Å². The molecule has 170 valence electrons. The molecule has 0 N–H and O–H groups in total. The van der Waals surface area contributed by atoms with Gasteiger partial charge in [-0.05, 0) is 80.8 Å². The summed E-state index contributed by atoms with van der Waals surface area (Å²) >= 11 is 0. The van der Waals surface area contributed by atoms with E-state index >= 15 is 0 Å². The van der Waals surface area contributed by atoms with E-state index in [9.17, 15) is 9.59 Å². The van der Waals surface area contributed by atoms with Crippen molar-refractivity contribution in [1.29, 1.82) is 0 Å². The van der Waals surface area contributed by atoms with Crippen molar-refractivity contribution >= 4 is 23.2 Å². The molecule has 0 bridgehead atoms. The van der Waals surface area contributed by atoms with Gasteiger partial charge in [-0.15, -0.1) is 0 Å². The van der Waals surface area contributed by atoms with Crippen LogP contribution in [-0.4, -0.2) is 31.5 Å².